The molecule has 0 bridgehead atoms. The molecular weight excluding hydrogens is 279 g/mol. The van der Waals surface area contributed by atoms with Crippen molar-refractivity contribution in [1.82, 2.24) is 0 Å². The molecule has 88 valence electrons. The number of anilines is 3. The highest BCUT2D eigenvalue weighted by atomic mass is 35.5. The number of rotatable bonds is 2. The van der Waals surface area contributed by atoms with Crippen LogP contribution in [-0.4, -0.2) is 0 Å². The lowest BCUT2D eigenvalue weighted by Gasteiger charge is -2.10. The smallest absolute Gasteiger partial charge is 0.0656 e. The molecule has 0 fully saturated rings. The van der Waals surface area contributed by atoms with Crippen LogP contribution >= 0.6 is 34.8 Å². The van der Waals surface area contributed by atoms with Crippen molar-refractivity contribution in [2.75, 3.05) is 11.1 Å². The summed E-state index contributed by atoms with van der Waals surface area (Å²) in [6.45, 7) is 0. The molecular formula is C12H9Cl3N2. The summed E-state index contributed by atoms with van der Waals surface area (Å²) in [5, 5.41) is 4.50. The van der Waals surface area contributed by atoms with Gasteiger partial charge >= 0.3 is 0 Å². The van der Waals surface area contributed by atoms with Crippen LogP contribution in [-0.2, 0) is 0 Å². The Kier molecular flexibility index (Phi) is 3.67. The molecule has 0 aliphatic carbocycles. The van der Waals surface area contributed by atoms with E-state index >= 15 is 0 Å². The van der Waals surface area contributed by atoms with Crippen LogP contribution in [0.25, 0.3) is 0 Å². The van der Waals surface area contributed by atoms with Crippen LogP contribution in [0.3, 0.4) is 0 Å². The molecule has 0 atom stereocenters. The van der Waals surface area contributed by atoms with Crippen LogP contribution in [0.2, 0.25) is 15.1 Å². The van der Waals surface area contributed by atoms with Crippen LogP contribution in [0, 0.1) is 0 Å². The van der Waals surface area contributed by atoms with Crippen molar-refractivity contribution >= 4 is 51.9 Å². The molecule has 0 saturated carbocycles. The third-order valence-corrected chi connectivity index (χ3v) is 3.21. The van der Waals surface area contributed by atoms with Gasteiger partial charge in [-0.25, -0.2) is 0 Å². The van der Waals surface area contributed by atoms with Crippen LogP contribution in [0.15, 0.2) is 36.4 Å². The van der Waals surface area contributed by atoms with E-state index in [1.54, 1.807) is 18.2 Å². The fourth-order valence-corrected chi connectivity index (χ4v) is 1.98. The predicted octanol–water partition coefficient (Wildman–Crippen LogP) is 4.97. The maximum atomic E-state index is 6.05. The van der Waals surface area contributed by atoms with Crippen molar-refractivity contribution in [2.45, 2.75) is 0 Å². The first-order chi connectivity index (χ1) is 8.06. The van der Waals surface area contributed by atoms with Crippen LogP contribution in [0.5, 0.6) is 0 Å². The number of hydrogen-bond donors (Lipinski definition) is 2. The average molecular weight is 288 g/mol. The molecule has 0 aliphatic rings. The number of nitrogens with two attached hydrogens (primary N) is 1. The molecule has 17 heavy (non-hydrogen) atoms. The second kappa shape index (κ2) is 5.05. The highest BCUT2D eigenvalue weighted by molar-refractivity contribution is 6.44. The largest absolute Gasteiger partial charge is 0.399 e. The minimum absolute atomic E-state index is 0.426. The SMILES string of the molecule is Nc1cccc(Nc2cc(Cl)c(Cl)cc2Cl)c1. The van der Waals surface area contributed by atoms with Crippen molar-refractivity contribution < 1.29 is 0 Å². The minimum Gasteiger partial charge on any atom is -0.399 e. The number of nitrogens with one attached hydrogen (secondary N) is 1. The standard InChI is InChI=1S/C12H9Cl3N2/c13-9-5-11(15)12(6-10(9)14)17-8-3-1-2-7(16)4-8/h1-6,17H,16H2. The van der Waals surface area contributed by atoms with E-state index in [1.807, 2.05) is 18.2 Å². The third kappa shape index (κ3) is 2.97. The molecule has 2 aromatic carbocycles. The Labute approximate surface area is 114 Å². The maximum Gasteiger partial charge on any atom is 0.0656 e. The van der Waals surface area contributed by atoms with Gasteiger partial charge < -0.3 is 11.1 Å². The molecule has 0 heterocycles. The Balaban J connectivity index is 2.33. The zero-order valence-electron chi connectivity index (χ0n) is 8.68. The fraction of sp³-hybridized carbons (Fsp3) is 0. The third-order valence-electron chi connectivity index (χ3n) is 2.18. The molecule has 0 aliphatic heterocycles. The lowest BCUT2D eigenvalue weighted by atomic mass is 10.2. The number of hydrogen-bond acceptors (Lipinski definition) is 2. The second-order valence-electron chi connectivity index (χ2n) is 3.50. The summed E-state index contributed by atoms with van der Waals surface area (Å²) in [5.74, 6) is 0. The highest BCUT2D eigenvalue weighted by Crippen LogP contribution is 2.34. The lowest BCUT2D eigenvalue weighted by Crippen LogP contribution is -1.93. The van der Waals surface area contributed by atoms with Gasteiger partial charge in [-0.2, -0.15) is 0 Å². The van der Waals surface area contributed by atoms with E-state index < -0.39 is 0 Å². The molecule has 2 aromatic rings. The second-order valence-corrected chi connectivity index (χ2v) is 4.72. The van der Waals surface area contributed by atoms with Gasteiger partial charge in [0.2, 0.25) is 0 Å². The van der Waals surface area contributed by atoms with Gasteiger partial charge in [-0.05, 0) is 30.3 Å². The van der Waals surface area contributed by atoms with Crippen molar-refractivity contribution in [2.24, 2.45) is 0 Å². The van der Waals surface area contributed by atoms with Gasteiger partial charge in [-0.15, -0.1) is 0 Å². The van der Waals surface area contributed by atoms with Gasteiger partial charge in [0, 0.05) is 11.4 Å². The minimum atomic E-state index is 0.426. The summed E-state index contributed by atoms with van der Waals surface area (Å²) in [7, 11) is 0. The molecule has 0 saturated heterocycles. The van der Waals surface area contributed by atoms with Crippen molar-refractivity contribution in [1.29, 1.82) is 0 Å². The quantitative estimate of drug-likeness (QED) is 0.604. The molecule has 0 unspecified atom stereocenters. The Bertz CT molecular complexity index is 555. The van der Waals surface area contributed by atoms with Crippen molar-refractivity contribution in [3.05, 3.63) is 51.5 Å². The Morgan fingerprint density at radius 3 is 2.29 bits per heavy atom. The molecule has 0 aromatic heterocycles. The normalized spacial score (nSPS) is 10.3. The van der Waals surface area contributed by atoms with Gasteiger partial charge in [-0.3, -0.25) is 0 Å². The van der Waals surface area contributed by atoms with E-state index in [-0.39, 0.29) is 0 Å². The summed E-state index contributed by atoms with van der Waals surface area (Å²) in [6, 6.07) is 10.6. The molecule has 0 amide bonds. The van der Waals surface area contributed by atoms with Crippen molar-refractivity contribution in [3.63, 3.8) is 0 Å². The molecule has 5 heteroatoms. The number of nitrogen functional groups attached to an aromatic ring is 1. The summed E-state index contributed by atoms with van der Waals surface area (Å²) in [4.78, 5) is 0. The maximum absolute atomic E-state index is 6.05. The van der Waals surface area contributed by atoms with E-state index in [2.05, 4.69) is 5.32 Å². The van der Waals surface area contributed by atoms with E-state index in [1.165, 1.54) is 0 Å². The topological polar surface area (TPSA) is 38.0 Å². The van der Waals surface area contributed by atoms with Gasteiger partial charge in [0.05, 0.1) is 20.8 Å². The van der Waals surface area contributed by atoms with Crippen LogP contribution in [0.4, 0.5) is 17.1 Å². The first-order valence-corrected chi connectivity index (χ1v) is 5.97. The van der Waals surface area contributed by atoms with E-state index in [9.17, 15) is 0 Å². The number of benzene rings is 2. The van der Waals surface area contributed by atoms with E-state index in [0.29, 0.717) is 26.4 Å². The average Bonchev–Trinajstić information content (AvgIpc) is 2.26. The first-order valence-electron chi connectivity index (χ1n) is 4.83. The van der Waals surface area contributed by atoms with Gasteiger partial charge in [0.1, 0.15) is 0 Å². The summed E-state index contributed by atoms with van der Waals surface area (Å²) in [6.07, 6.45) is 0. The molecule has 2 nitrogen and oxygen atoms in total. The predicted molar refractivity (Wildman–Crippen MR) is 75.6 cm³/mol. The zero-order chi connectivity index (χ0) is 12.4. The zero-order valence-corrected chi connectivity index (χ0v) is 10.9. The first kappa shape index (κ1) is 12.4. The lowest BCUT2D eigenvalue weighted by molar-refractivity contribution is 1.55. The summed E-state index contributed by atoms with van der Waals surface area (Å²) >= 11 is 17.8. The summed E-state index contributed by atoms with van der Waals surface area (Å²) in [5.41, 5.74) is 7.88. The molecule has 2 rings (SSSR count). The molecule has 0 spiro atoms. The Morgan fingerprint density at radius 1 is 0.882 bits per heavy atom. The highest BCUT2D eigenvalue weighted by Gasteiger charge is 2.06. The molecule has 0 radical (unpaired) electrons. The van der Waals surface area contributed by atoms with Gasteiger partial charge in [0.25, 0.3) is 0 Å². The van der Waals surface area contributed by atoms with E-state index in [4.69, 9.17) is 40.5 Å². The summed E-state index contributed by atoms with van der Waals surface area (Å²) < 4.78 is 0. The van der Waals surface area contributed by atoms with Gasteiger partial charge in [0.15, 0.2) is 0 Å². The van der Waals surface area contributed by atoms with Crippen LogP contribution in [0.1, 0.15) is 0 Å². The fourth-order valence-electron chi connectivity index (χ4n) is 1.39. The number of halogens is 3. The Hall–Kier alpha value is -1.09. The van der Waals surface area contributed by atoms with Gasteiger partial charge in [-0.1, -0.05) is 40.9 Å². The molecule has 3 N–H and O–H groups in total. The monoisotopic (exact) mass is 286 g/mol. The van der Waals surface area contributed by atoms with Crippen molar-refractivity contribution in [3.8, 4) is 0 Å². The Morgan fingerprint density at radius 2 is 1.59 bits per heavy atom. The van der Waals surface area contributed by atoms with Crippen LogP contribution < -0.4 is 11.1 Å². The van der Waals surface area contributed by atoms with E-state index in [0.717, 1.165) is 5.69 Å².